The Morgan fingerprint density at radius 2 is 1.96 bits per heavy atom. The van der Waals surface area contributed by atoms with Crippen molar-refractivity contribution in [3.63, 3.8) is 0 Å². The molecular weight excluding hydrogens is 343 g/mol. The molecule has 0 bridgehead atoms. The van der Waals surface area contributed by atoms with Gasteiger partial charge in [0, 0.05) is 13.6 Å². The second-order valence-electron chi connectivity index (χ2n) is 6.19. The summed E-state index contributed by atoms with van der Waals surface area (Å²) >= 11 is 0. The number of amides is 2. The highest BCUT2D eigenvalue weighted by Crippen LogP contribution is 2.19. The topological polar surface area (TPSA) is 113 Å². The molecule has 0 atom stereocenters. The monoisotopic (exact) mass is 362 g/mol. The highest BCUT2D eigenvalue weighted by Gasteiger charge is 2.29. The molecule has 1 aromatic carbocycles. The lowest BCUT2D eigenvalue weighted by Crippen LogP contribution is -2.42. The van der Waals surface area contributed by atoms with Crippen molar-refractivity contribution >= 4 is 12.3 Å². The fourth-order valence-corrected chi connectivity index (χ4v) is 2.39. The number of hydrogen-bond donors (Lipinski definition) is 3. The summed E-state index contributed by atoms with van der Waals surface area (Å²) in [6.07, 6.45) is 0.452. The average Bonchev–Trinajstić information content (AvgIpc) is 2.59. The smallest absolute Gasteiger partial charge is 0.296 e. The van der Waals surface area contributed by atoms with Gasteiger partial charge in [0.15, 0.2) is 5.69 Å². The molecule has 0 aliphatic rings. The summed E-state index contributed by atoms with van der Waals surface area (Å²) in [7, 11) is 1.37. The van der Waals surface area contributed by atoms with E-state index in [1.807, 2.05) is 0 Å². The van der Waals surface area contributed by atoms with Gasteiger partial charge in [0.25, 0.3) is 11.5 Å². The molecule has 0 fully saturated rings. The van der Waals surface area contributed by atoms with Gasteiger partial charge >= 0.3 is 0 Å². The van der Waals surface area contributed by atoms with Crippen LogP contribution in [0.1, 0.15) is 35.7 Å². The summed E-state index contributed by atoms with van der Waals surface area (Å²) in [5.41, 5.74) is -1.69. The molecule has 26 heavy (non-hydrogen) atoms. The van der Waals surface area contributed by atoms with E-state index in [0.29, 0.717) is 12.0 Å². The van der Waals surface area contributed by atoms with Gasteiger partial charge in [0.2, 0.25) is 12.2 Å². The van der Waals surface area contributed by atoms with Crippen LogP contribution in [0.25, 0.3) is 0 Å². The number of carbonyl (C=O) groups is 2. The molecule has 1 aromatic heterocycles. The van der Waals surface area contributed by atoms with Gasteiger partial charge in [-0.2, -0.15) is 0 Å². The van der Waals surface area contributed by atoms with E-state index in [1.165, 1.54) is 31.3 Å². The highest BCUT2D eigenvalue weighted by molar-refractivity contribution is 5.94. The zero-order valence-corrected chi connectivity index (χ0v) is 14.5. The molecule has 0 spiro atoms. The average molecular weight is 362 g/mol. The normalized spacial score (nSPS) is 11.1. The molecule has 0 saturated heterocycles. The Hall–Kier alpha value is -3.23. The van der Waals surface area contributed by atoms with Crippen molar-refractivity contribution in [2.75, 3.05) is 0 Å². The summed E-state index contributed by atoms with van der Waals surface area (Å²) in [5, 5.41) is 15.0. The lowest BCUT2D eigenvalue weighted by molar-refractivity contribution is -0.111. The van der Waals surface area contributed by atoms with Crippen molar-refractivity contribution in [3.8, 4) is 5.75 Å². The molecule has 0 aliphatic heterocycles. The molecule has 9 heteroatoms. The quantitative estimate of drug-likeness (QED) is 0.649. The van der Waals surface area contributed by atoms with Gasteiger partial charge in [-0.1, -0.05) is 12.1 Å². The molecule has 2 rings (SSSR count). The van der Waals surface area contributed by atoms with Gasteiger partial charge in [0.1, 0.15) is 11.6 Å². The zero-order chi connectivity index (χ0) is 19.5. The van der Waals surface area contributed by atoms with E-state index in [4.69, 9.17) is 0 Å². The number of hydrogen-bond acceptors (Lipinski definition) is 5. The maximum atomic E-state index is 12.9. The van der Waals surface area contributed by atoms with Crippen LogP contribution < -0.4 is 16.2 Å². The Labute approximate surface area is 148 Å². The molecule has 2 amide bonds. The van der Waals surface area contributed by atoms with Crippen LogP contribution in [0, 0.1) is 5.82 Å². The predicted molar refractivity (Wildman–Crippen MR) is 90.9 cm³/mol. The summed E-state index contributed by atoms with van der Waals surface area (Å²) in [6.45, 7) is 3.25. The SMILES string of the molecule is Cn1c(C(C)(C)NC=O)nc(C(=O)NCc2ccc(F)cc2)c(O)c1=O. The van der Waals surface area contributed by atoms with Crippen LogP contribution in [0.4, 0.5) is 4.39 Å². The van der Waals surface area contributed by atoms with Crippen LogP contribution in [0.2, 0.25) is 0 Å². The van der Waals surface area contributed by atoms with E-state index in [0.717, 1.165) is 4.57 Å². The van der Waals surface area contributed by atoms with Crippen molar-refractivity contribution in [1.82, 2.24) is 20.2 Å². The van der Waals surface area contributed by atoms with Crippen LogP contribution in [0.3, 0.4) is 0 Å². The summed E-state index contributed by atoms with van der Waals surface area (Å²) < 4.78 is 14.0. The van der Waals surface area contributed by atoms with E-state index in [9.17, 15) is 23.9 Å². The Kier molecular flexibility index (Phi) is 5.39. The van der Waals surface area contributed by atoms with Crippen molar-refractivity contribution < 1.29 is 19.1 Å². The number of nitrogens with one attached hydrogen (secondary N) is 2. The minimum atomic E-state index is -1.05. The van der Waals surface area contributed by atoms with Crippen LogP contribution in [-0.2, 0) is 23.9 Å². The molecule has 0 saturated carbocycles. The summed E-state index contributed by atoms with van der Waals surface area (Å²) in [4.78, 5) is 39.4. The first kappa shape index (κ1) is 19.1. The minimum Gasteiger partial charge on any atom is -0.501 e. The van der Waals surface area contributed by atoms with Gasteiger partial charge < -0.3 is 15.7 Å². The summed E-state index contributed by atoms with van der Waals surface area (Å²) in [6, 6.07) is 5.49. The van der Waals surface area contributed by atoms with Crippen LogP contribution >= 0.6 is 0 Å². The second kappa shape index (κ2) is 7.34. The first-order chi connectivity index (χ1) is 12.2. The van der Waals surface area contributed by atoms with Crippen LogP contribution in [0.15, 0.2) is 29.1 Å². The van der Waals surface area contributed by atoms with Gasteiger partial charge in [-0.15, -0.1) is 0 Å². The molecule has 138 valence electrons. The number of benzene rings is 1. The molecule has 8 nitrogen and oxygen atoms in total. The Balaban J connectivity index is 2.34. The second-order valence-corrected chi connectivity index (χ2v) is 6.19. The number of carbonyl (C=O) groups excluding carboxylic acids is 2. The molecule has 1 heterocycles. The lowest BCUT2D eigenvalue weighted by atomic mass is 10.0. The third kappa shape index (κ3) is 3.88. The summed E-state index contributed by atoms with van der Waals surface area (Å²) in [5.74, 6) is -1.87. The van der Waals surface area contributed by atoms with Crippen LogP contribution in [0.5, 0.6) is 5.75 Å². The minimum absolute atomic E-state index is 0.0563. The zero-order valence-electron chi connectivity index (χ0n) is 14.5. The number of nitrogens with zero attached hydrogens (tertiary/aromatic N) is 2. The van der Waals surface area contributed by atoms with E-state index < -0.39 is 34.3 Å². The van der Waals surface area contributed by atoms with E-state index in [2.05, 4.69) is 15.6 Å². The van der Waals surface area contributed by atoms with Crippen molar-refractivity contribution in [2.45, 2.75) is 25.9 Å². The van der Waals surface area contributed by atoms with E-state index in [1.54, 1.807) is 13.8 Å². The Morgan fingerprint density at radius 1 is 1.35 bits per heavy atom. The van der Waals surface area contributed by atoms with Gasteiger partial charge in [-0.3, -0.25) is 19.0 Å². The first-order valence-corrected chi connectivity index (χ1v) is 7.72. The number of halogens is 1. The van der Waals surface area contributed by atoms with Crippen molar-refractivity contribution in [2.24, 2.45) is 7.05 Å². The third-order valence-electron chi connectivity index (χ3n) is 3.83. The third-order valence-corrected chi connectivity index (χ3v) is 3.83. The molecular formula is C17H19FN4O4. The molecule has 2 aromatic rings. The van der Waals surface area contributed by atoms with Gasteiger partial charge in [0.05, 0.1) is 5.54 Å². The number of aromatic nitrogens is 2. The first-order valence-electron chi connectivity index (χ1n) is 7.72. The molecule has 3 N–H and O–H groups in total. The lowest BCUT2D eigenvalue weighted by Gasteiger charge is -2.25. The molecule has 0 radical (unpaired) electrons. The molecule has 0 aliphatic carbocycles. The van der Waals surface area contributed by atoms with Gasteiger partial charge in [-0.25, -0.2) is 9.37 Å². The number of rotatable bonds is 6. The number of aromatic hydroxyl groups is 1. The Morgan fingerprint density at radius 3 is 2.54 bits per heavy atom. The predicted octanol–water partition coefficient (Wildman–Crippen LogP) is 0.536. The van der Waals surface area contributed by atoms with Crippen molar-refractivity contribution in [3.05, 3.63) is 57.5 Å². The highest BCUT2D eigenvalue weighted by atomic mass is 19.1. The maximum absolute atomic E-state index is 12.9. The fraction of sp³-hybridized carbons (Fsp3) is 0.294. The Bertz CT molecular complexity index is 891. The van der Waals surface area contributed by atoms with Crippen LogP contribution in [-0.4, -0.2) is 27.0 Å². The van der Waals surface area contributed by atoms with E-state index >= 15 is 0 Å². The van der Waals surface area contributed by atoms with Crippen molar-refractivity contribution in [1.29, 1.82) is 0 Å². The fourth-order valence-electron chi connectivity index (χ4n) is 2.39. The maximum Gasteiger partial charge on any atom is 0.296 e. The van der Waals surface area contributed by atoms with E-state index in [-0.39, 0.29) is 12.4 Å². The molecule has 0 unspecified atom stereocenters. The largest absolute Gasteiger partial charge is 0.501 e. The van der Waals surface area contributed by atoms with Gasteiger partial charge in [-0.05, 0) is 31.5 Å². The standard InChI is InChI=1S/C17H19FN4O4/c1-17(2,20-9-23)16-21-12(13(24)15(26)22(16)3)14(25)19-8-10-4-6-11(18)7-5-10/h4-7,9,24H,8H2,1-3H3,(H,19,25)(H,20,23).